The van der Waals surface area contributed by atoms with Crippen molar-refractivity contribution < 1.29 is 14.3 Å². The lowest BCUT2D eigenvalue weighted by Crippen LogP contribution is -2.55. The van der Waals surface area contributed by atoms with Gasteiger partial charge in [-0.2, -0.15) is 10.1 Å². The lowest BCUT2D eigenvalue weighted by Gasteiger charge is -2.43. The fourth-order valence-electron chi connectivity index (χ4n) is 4.98. The van der Waals surface area contributed by atoms with E-state index in [1.54, 1.807) is 35.4 Å². The van der Waals surface area contributed by atoms with Crippen LogP contribution in [0, 0.1) is 0 Å². The van der Waals surface area contributed by atoms with E-state index in [1.807, 2.05) is 6.92 Å². The average molecular weight is 440 g/mol. The van der Waals surface area contributed by atoms with Crippen LogP contribution in [0.1, 0.15) is 49.4 Å². The van der Waals surface area contributed by atoms with E-state index in [4.69, 9.17) is 9.72 Å². The molecule has 2 aliphatic heterocycles. The van der Waals surface area contributed by atoms with Crippen LogP contribution in [0.3, 0.4) is 0 Å². The van der Waals surface area contributed by atoms with Crippen molar-refractivity contribution >= 4 is 23.3 Å². The maximum absolute atomic E-state index is 13.0. The molecule has 10 nitrogen and oxygen atoms in total. The van der Waals surface area contributed by atoms with Gasteiger partial charge < -0.3 is 19.4 Å². The van der Waals surface area contributed by atoms with Crippen molar-refractivity contribution in [3.63, 3.8) is 0 Å². The lowest BCUT2D eigenvalue weighted by atomic mass is 10.0. The van der Waals surface area contributed by atoms with Crippen LogP contribution >= 0.6 is 0 Å². The molecule has 32 heavy (non-hydrogen) atoms. The zero-order chi connectivity index (χ0) is 22.2. The Balaban J connectivity index is 1.49. The Kier molecular flexibility index (Phi) is 5.54. The number of amides is 2. The number of aromatic nitrogens is 4. The van der Waals surface area contributed by atoms with Gasteiger partial charge in [0.15, 0.2) is 5.82 Å². The second kappa shape index (κ2) is 8.50. The zero-order valence-electron chi connectivity index (χ0n) is 18.6. The number of hydrogen-bond acceptors (Lipinski definition) is 7. The van der Waals surface area contributed by atoms with Gasteiger partial charge in [-0.1, -0.05) is 19.8 Å². The number of nitrogens with zero attached hydrogens (tertiary/aromatic N) is 7. The van der Waals surface area contributed by atoms with E-state index in [2.05, 4.69) is 15.0 Å². The smallest absolute Gasteiger partial charge is 0.257 e. The highest BCUT2D eigenvalue weighted by Gasteiger charge is 2.41. The van der Waals surface area contributed by atoms with Crippen molar-refractivity contribution in [1.82, 2.24) is 24.6 Å². The molecule has 10 heteroatoms. The molecule has 1 atom stereocenters. The van der Waals surface area contributed by atoms with Gasteiger partial charge in [-0.25, -0.2) is 9.67 Å². The Hall–Kier alpha value is -3.01. The number of hydrogen-bond donors (Lipinski definition) is 0. The van der Waals surface area contributed by atoms with Gasteiger partial charge in [0.25, 0.3) is 11.9 Å². The van der Waals surface area contributed by atoms with Gasteiger partial charge in [0.05, 0.1) is 31.2 Å². The maximum Gasteiger partial charge on any atom is 0.257 e. The van der Waals surface area contributed by atoms with E-state index in [-0.39, 0.29) is 17.9 Å². The molecule has 2 aromatic heterocycles. The van der Waals surface area contributed by atoms with Gasteiger partial charge in [0.2, 0.25) is 5.91 Å². The summed E-state index contributed by atoms with van der Waals surface area (Å²) in [5.41, 5.74) is 1.21. The molecule has 1 unspecified atom stereocenters. The van der Waals surface area contributed by atoms with Gasteiger partial charge >= 0.3 is 0 Å². The van der Waals surface area contributed by atoms with Crippen molar-refractivity contribution in [3.8, 4) is 5.95 Å². The van der Waals surface area contributed by atoms with E-state index >= 15 is 0 Å². The summed E-state index contributed by atoms with van der Waals surface area (Å²) in [6.45, 7) is 4.30. The van der Waals surface area contributed by atoms with Crippen LogP contribution < -0.4 is 9.80 Å². The number of rotatable bonds is 4. The molecule has 4 heterocycles. The Morgan fingerprint density at radius 2 is 1.94 bits per heavy atom. The molecule has 5 rings (SSSR count). The first-order valence-corrected chi connectivity index (χ1v) is 11.4. The van der Waals surface area contributed by atoms with Crippen molar-refractivity contribution in [2.45, 2.75) is 51.1 Å². The molecule has 2 fully saturated rings. The van der Waals surface area contributed by atoms with Crippen molar-refractivity contribution in [2.75, 3.05) is 43.2 Å². The predicted octanol–water partition coefficient (Wildman–Crippen LogP) is 1.64. The molecule has 2 aromatic rings. The first-order valence-electron chi connectivity index (χ1n) is 11.4. The highest BCUT2D eigenvalue weighted by molar-refractivity contribution is 6.04. The molecule has 3 aliphatic rings. The van der Waals surface area contributed by atoms with Crippen LogP contribution in [-0.2, 0) is 9.53 Å². The number of likely N-dealkylation sites (N-methyl/N-ethyl adjacent to an activating group) is 1. The highest BCUT2D eigenvalue weighted by atomic mass is 16.5. The van der Waals surface area contributed by atoms with Crippen LogP contribution in [0.5, 0.6) is 0 Å². The minimum Gasteiger partial charge on any atom is -0.378 e. The minimum atomic E-state index is -0.227. The second-order valence-electron chi connectivity index (χ2n) is 8.62. The summed E-state index contributed by atoms with van der Waals surface area (Å²) in [5.74, 6) is 1.18. The van der Waals surface area contributed by atoms with E-state index in [1.165, 1.54) is 17.5 Å². The van der Waals surface area contributed by atoms with Crippen LogP contribution in [-0.4, -0.2) is 81.9 Å². The molecule has 0 bridgehead atoms. The third-order valence-electron chi connectivity index (χ3n) is 6.73. The van der Waals surface area contributed by atoms with Crippen LogP contribution in [0.4, 0.5) is 11.5 Å². The first kappa shape index (κ1) is 20.9. The Labute approximate surface area is 187 Å². The number of morpholine rings is 1. The maximum atomic E-state index is 13.0. The van der Waals surface area contributed by atoms with Gasteiger partial charge in [0.1, 0.15) is 11.7 Å². The van der Waals surface area contributed by atoms with Crippen molar-refractivity contribution in [2.24, 2.45) is 0 Å². The van der Waals surface area contributed by atoms with E-state index in [0.29, 0.717) is 49.5 Å². The van der Waals surface area contributed by atoms with Crippen LogP contribution in [0.25, 0.3) is 5.95 Å². The number of anilines is 2. The highest BCUT2D eigenvalue weighted by Crippen LogP contribution is 2.39. The fraction of sp³-hybridized carbons (Fsp3) is 0.591. The third kappa shape index (κ3) is 3.52. The largest absolute Gasteiger partial charge is 0.378 e. The molecule has 0 radical (unpaired) electrons. The standard InChI is InChI=1S/C22H29N7O3/c1-3-17-21(31)26(2)18-13-23-22(25-19(18)29(17)16-6-4-5-7-16)28-14-15(12-24-28)20(30)27-8-10-32-11-9-27/h12-14,16-17H,3-11H2,1-2H3. The van der Waals surface area contributed by atoms with Crippen LogP contribution in [0.2, 0.25) is 0 Å². The monoisotopic (exact) mass is 439 g/mol. The van der Waals surface area contributed by atoms with Gasteiger partial charge in [-0.05, 0) is 19.3 Å². The Morgan fingerprint density at radius 3 is 2.66 bits per heavy atom. The number of carbonyl (C=O) groups is 2. The molecule has 1 saturated heterocycles. The lowest BCUT2D eigenvalue weighted by molar-refractivity contribution is -0.120. The summed E-state index contributed by atoms with van der Waals surface area (Å²) in [4.78, 5) is 40.8. The minimum absolute atomic E-state index is 0.0681. The second-order valence-corrected chi connectivity index (χ2v) is 8.62. The molecule has 0 spiro atoms. The fourth-order valence-corrected chi connectivity index (χ4v) is 4.98. The van der Waals surface area contributed by atoms with E-state index in [9.17, 15) is 9.59 Å². The molecule has 1 aliphatic carbocycles. The summed E-state index contributed by atoms with van der Waals surface area (Å²) in [6, 6.07) is 0.0737. The van der Waals surface area contributed by atoms with Gasteiger partial charge in [-0.3, -0.25) is 9.59 Å². The molecule has 1 saturated carbocycles. The van der Waals surface area contributed by atoms with E-state index in [0.717, 1.165) is 25.1 Å². The third-order valence-corrected chi connectivity index (χ3v) is 6.73. The summed E-state index contributed by atoms with van der Waals surface area (Å²) in [5, 5.41) is 4.36. The Morgan fingerprint density at radius 1 is 1.19 bits per heavy atom. The number of ether oxygens (including phenoxy) is 1. The average Bonchev–Trinajstić information content (AvgIpc) is 3.53. The molecule has 0 N–H and O–H groups in total. The molecule has 170 valence electrons. The SMILES string of the molecule is CCC1C(=O)N(C)c2cnc(-n3cc(C(=O)N4CCOCC4)cn3)nc2N1C1CCCC1. The summed E-state index contributed by atoms with van der Waals surface area (Å²) < 4.78 is 6.87. The van der Waals surface area contributed by atoms with Gasteiger partial charge in [0, 0.05) is 32.4 Å². The molecule has 2 amide bonds. The zero-order valence-corrected chi connectivity index (χ0v) is 18.6. The topological polar surface area (TPSA) is 96.7 Å². The Bertz CT molecular complexity index is 1010. The number of fused-ring (bicyclic) bond motifs is 1. The molecule has 0 aromatic carbocycles. The molecular formula is C22H29N7O3. The summed E-state index contributed by atoms with van der Waals surface area (Å²) >= 11 is 0. The summed E-state index contributed by atoms with van der Waals surface area (Å²) in [7, 11) is 1.78. The normalized spacial score (nSPS) is 21.9. The molecular weight excluding hydrogens is 410 g/mol. The number of carbonyl (C=O) groups excluding carboxylic acids is 2. The van der Waals surface area contributed by atoms with Gasteiger partial charge in [-0.15, -0.1) is 0 Å². The van der Waals surface area contributed by atoms with Crippen molar-refractivity contribution in [3.05, 3.63) is 24.2 Å². The van der Waals surface area contributed by atoms with Crippen molar-refractivity contribution in [1.29, 1.82) is 0 Å². The quantitative estimate of drug-likeness (QED) is 0.714. The van der Waals surface area contributed by atoms with Crippen LogP contribution in [0.15, 0.2) is 18.6 Å². The predicted molar refractivity (Wildman–Crippen MR) is 118 cm³/mol. The summed E-state index contributed by atoms with van der Waals surface area (Å²) in [6.07, 6.45) is 10.1. The van der Waals surface area contributed by atoms with E-state index < -0.39 is 0 Å². The first-order chi connectivity index (χ1) is 15.6.